The van der Waals surface area contributed by atoms with Crippen molar-refractivity contribution in [2.45, 2.75) is 38.6 Å². The van der Waals surface area contributed by atoms with Gasteiger partial charge < -0.3 is 5.32 Å². The van der Waals surface area contributed by atoms with E-state index >= 15 is 0 Å². The number of pyridine rings is 1. The van der Waals surface area contributed by atoms with Gasteiger partial charge in [0, 0.05) is 11.7 Å². The number of aromatic nitrogens is 1. The number of aryl methyl sites for hydroxylation is 1. The maximum atomic E-state index is 11.6. The Labute approximate surface area is 95.5 Å². The van der Waals surface area contributed by atoms with E-state index in [1.165, 1.54) is 12.8 Å². The third kappa shape index (κ3) is 2.95. The molecule has 2 amide bonds. The van der Waals surface area contributed by atoms with E-state index in [0.29, 0.717) is 11.9 Å². The van der Waals surface area contributed by atoms with E-state index in [4.69, 9.17) is 0 Å². The minimum atomic E-state index is -0.148. The lowest BCUT2D eigenvalue weighted by Crippen LogP contribution is -2.36. The molecular weight excluding hydrogens is 202 g/mol. The summed E-state index contributed by atoms with van der Waals surface area (Å²) in [6.07, 6.45) is 4.62. The van der Waals surface area contributed by atoms with Crippen molar-refractivity contribution in [1.82, 2.24) is 10.3 Å². The fourth-order valence-corrected chi connectivity index (χ4v) is 2.02. The topological polar surface area (TPSA) is 54.0 Å². The van der Waals surface area contributed by atoms with Gasteiger partial charge in [-0.15, -0.1) is 0 Å². The SMILES string of the molecule is Cc1cccc(NC(=O)NC2CCCC2)n1. The molecule has 0 radical (unpaired) electrons. The Kier molecular flexibility index (Phi) is 3.39. The Hall–Kier alpha value is -1.58. The summed E-state index contributed by atoms with van der Waals surface area (Å²) in [6.45, 7) is 1.90. The zero-order valence-corrected chi connectivity index (χ0v) is 9.49. The summed E-state index contributed by atoms with van der Waals surface area (Å²) in [5, 5.41) is 5.71. The van der Waals surface area contributed by atoms with Crippen LogP contribution in [0.25, 0.3) is 0 Å². The number of rotatable bonds is 2. The second kappa shape index (κ2) is 4.96. The van der Waals surface area contributed by atoms with E-state index in [1.807, 2.05) is 19.1 Å². The number of anilines is 1. The molecule has 1 heterocycles. The maximum absolute atomic E-state index is 11.6. The lowest BCUT2D eigenvalue weighted by molar-refractivity contribution is 0.248. The van der Waals surface area contributed by atoms with Gasteiger partial charge in [-0.05, 0) is 31.9 Å². The van der Waals surface area contributed by atoms with Crippen LogP contribution in [-0.4, -0.2) is 17.1 Å². The molecule has 1 aliphatic rings. The maximum Gasteiger partial charge on any atom is 0.320 e. The van der Waals surface area contributed by atoms with Crippen molar-refractivity contribution in [2.24, 2.45) is 0 Å². The number of hydrogen-bond acceptors (Lipinski definition) is 2. The summed E-state index contributed by atoms with van der Waals surface area (Å²) < 4.78 is 0. The van der Waals surface area contributed by atoms with Gasteiger partial charge in [0.05, 0.1) is 0 Å². The fourth-order valence-electron chi connectivity index (χ4n) is 2.02. The second-order valence-corrected chi connectivity index (χ2v) is 4.24. The first kappa shape index (κ1) is 10.9. The van der Waals surface area contributed by atoms with E-state index in [9.17, 15) is 4.79 Å². The van der Waals surface area contributed by atoms with Gasteiger partial charge >= 0.3 is 6.03 Å². The smallest absolute Gasteiger partial charge is 0.320 e. The van der Waals surface area contributed by atoms with Crippen LogP contribution in [0.5, 0.6) is 0 Å². The van der Waals surface area contributed by atoms with Crippen molar-refractivity contribution in [3.8, 4) is 0 Å². The van der Waals surface area contributed by atoms with Gasteiger partial charge in [-0.25, -0.2) is 9.78 Å². The molecule has 1 aromatic heterocycles. The summed E-state index contributed by atoms with van der Waals surface area (Å²) in [4.78, 5) is 15.8. The van der Waals surface area contributed by atoms with Crippen LogP contribution in [0.2, 0.25) is 0 Å². The van der Waals surface area contributed by atoms with Crippen LogP contribution in [0, 0.1) is 6.92 Å². The minimum Gasteiger partial charge on any atom is -0.335 e. The monoisotopic (exact) mass is 219 g/mol. The average molecular weight is 219 g/mol. The number of hydrogen-bond donors (Lipinski definition) is 2. The van der Waals surface area contributed by atoms with Gasteiger partial charge in [0.25, 0.3) is 0 Å². The quantitative estimate of drug-likeness (QED) is 0.802. The molecule has 2 N–H and O–H groups in total. The van der Waals surface area contributed by atoms with Crippen LogP contribution in [0.4, 0.5) is 10.6 Å². The molecule has 1 saturated carbocycles. The van der Waals surface area contributed by atoms with E-state index in [-0.39, 0.29) is 6.03 Å². The molecule has 2 rings (SSSR count). The first-order valence-corrected chi connectivity index (χ1v) is 5.75. The molecule has 4 nitrogen and oxygen atoms in total. The van der Waals surface area contributed by atoms with Crippen molar-refractivity contribution < 1.29 is 4.79 Å². The highest BCUT2D eigenvalue weighted by atomic mass is 16.2. The van der Waals surface area contributed by atoms with E-state index < -0.39 is 0 Å². The Morgan fingerprint density at radius 3 is 2.81 bits per heavy atom. The van der Waals surface area contributed by atoms with Gasteiger partial charge in [0.2, 0.25) is 0 Å². The van der Waals surface area contributed by atoms with E-state index in [2.05, 4.69) is 15.6 Å². The van der Waals surface area contributed by atoms with Crippen molar-refractivity contribution in [2.75, 3.05) is 5.32 Å². The molecule has 1 fully saturated rings. The summed E-state index contributed by atoms with van der Waals surface area (Å²) in [5.41, 5.74) is 0.902. The van der Waals surface area contributed by atoms with Crippen LogP contribution in [0.1, 0.15) is 31.4 Å². The summed E-state index contributed by atoms with van der Waals surface area (Å²) >= 11 is 0. The first-order chi connectivity index (χ1) is 7.74. The van der Waals surface area contributed by atoms with Crippen LogP contribution >= 0.6 is 0 Å². The largest absolute Gasteiger partial charge is 0.335 e. The predicted molar refractivity (Wildman–Crippen MR) is 63.4 cm³/mol. The molecule has 0 aliphatic heterocycles. The normalized spacial score (nSPS) is 16.1. The van der Waals surface area contributed by atoms with Crippen LogP contribution in [-0.2, 0) is 0 Å². The number of carbonyl (C=O) groups excluding carboxylic acids is 1. The Morgan fingerprint density at radius 2 is 2.12 bits per heavy atom. The highest BCUT2D eigenvalue weighted by molar-refractivity contribution is 5.88. The standard InChI is InChI=1S/C12H17N3O/c1-9-5-4-8-11(13-9)15-12(16)14-10-6-2-3-7-10/h4-5,8,10H,2-3,6-7H2,1H3,(H2,13,14,15,16). The third-order valence-corrected chi connectivity index (χ3v) is 2.82. The molecule has 0 unspecified atom stereocenters. The average Bonchev–Trinajstić information content (AvgIpc) is 2.70. The van der Waals surface area contributed by atoms with Gasteiger partial charge in [-0.2, -0.15) is 0 Å². The fraction of sp³-hybridized carbons (Fsp3) is 0.500. The molecule has 0 aromatic carbocycles. The molecule has 0 bridgehead atoms. The lowest BCUT2D eigenvalue weighted by Gasteiger charge is -2.12. The molecule has 1 aliphatic carbocycles. The van der Waals surface area contributed by atoms with Crippen molar-refractivity contribution in [3.05, 3.63) is 23.9 Å². The number of nitrogens with one attached hydrogen (secondary N) is 2. The third-order valence-electron chi connectivity index (χ3n) is 2.82. The zero-order chi connectivity index (χ0) is 11.4. The lowest BCUT2D eigenvalue weighted by atomic mass is 10.2. The minimum absolute atomic E-state index is 0.148. The van der Waals surface area contributed by atoms with Gasteiger partial charge in [0.1, 0.15) is 5.82 Å². The summed E-state index contributed by atoms with van der Waals surface area (Å²) in [7, 11) is 0. The molecular formula is C12H17N3O. The highest BCUT2D eigenvalue weighted by Crippen LogP contribution is 2.17. The molecule has 16 heavy (non-hydrogen) atoms. The van der Waals surface area contributed by atoms with Crippen molar-refractivity contribution in [3.63, 3.8) is 0 Å². The van der Waals surface area contributed by atoms with E-state index in [0.717, 1.165) is 18.5 Å². The van der Waals surface area contributed by atoms with Gasteiger partial charge in [-0.1, -0.05) is 18.9 Å². The Bertz CT molecular complexity index is 372. The first-order valence-electron chi connectivity index (χ1n) is 5.75. The van der Waals surface area contributed by atoms with Crippen LogP contribution in [0.15, 0.2) is 18.2 Å². The van der Waals surface area contributed by atoms with Gasteiger partial charge in [-0.3, -0.25) is 5.32 Å². The molecule has 1 aromatic rings. The van der Waals surface area contributed by atoms with Crippen molar-refractivity contribution >= 4 is 11.8 Å². The second-order valence-electron chi connectivity index (χ2n) is 4.24. The summed E-state index contributed by atoms with van der Waals surface area (Å²) in [5.74, 6) is 0.607. The highest BCUT2D eigenvalue weighted by Gasteiger charge is 2.16. The molecule has 4 heteroatoms. The number of nitrogens with zero attached hydrogens (tertiary/aromatic N) is 1. The van der Waals surface area contributed by atoms with Crippen molar-refractivity contribution in [1.29, 1.82) is 0 Å². The molecule has 0 saturated heterocycles. The summed E-state index contributed by atoms with van der Waals surface area (Å²) in [6, 6.07) is 5.77. The van der Waals surface area contributed by atoms with Gasteiger partial charge in [0.15, 0.2) is 0 Å². The zero-order valence-electron chi connectivity index (χ0n) is 9.49. The Morgan fingerprint density at radius 1 is 1.38 bits per heavy atom. The molecule has 86 valence electrons. The molecule has 0 spiro atoms. The number of amides is 2. The van der Waals surface area contributed by atoms with E-state index in [1.54, 1.807) is 6.07 Å². The Balaban J connectivity index is 1.86. The number of urea groups is 1. The number of carbonyl (C=O) groups is 1. The van der Waals surface area contributed by atoms with Crippen LogP contribution in [0.3, 0.4) is 0 Å². The molecule has 0 atom stereocenters. The van der Waals surface area contributed by atoms with Crippen LogP contribution < -0.4 is 10.6 Å². The predicted octanol–water partition coefficient (Wildman–Crippen LogP) is 2.45.